The molecule has 0 bridgehead atoms. The van der Waals surface area contributed by atoms with Gasteiger partial charge in [-0.3, -0.25) is 0 Å². The zero-order valence-electron chi connectivity index (χ0n) is 10.4. The van der Waals surface area contributed by atoms with Crippen molar-refractivity contribution in [2.45, 2.75) is 19.8 Å². The maximum Gasteiger partial charge on any atom is 0.143 e. The Balaban J connectivity index is 2.10. The molecule has 0 unspecified atom stereocenters. The van der Waals surface area contributed by atoms with Gasteiger partial charge in [0.25, 0.3) is 0 Å². The third-order valence-corrected chi connectivity index (χ3v) is 3.30. The quantitative estimate of drug-likeness (QED) is 0.798. The normalized spacial score (nSPS) is 15.2. The number of benzene rings is 1. The summed E-state index contributed by atoms with van der Waals surface area (Å²) in [7, 11) is 1.66. The number of hydrogen-bond donors (Lipinski definition) is 0. The van der Waals surface area contributed by atoms with Crippen LogP contribution in [0.5, 0.6) is 5.75 Å². The van der Waals surface area contributed by atoms with Gasteiger partial charge in [-0.1, -0.05) is 13.3 Å². The molecule has 0 aliphatic carbocycles. The Kier molecular flexibility index (Phi) is 3.53. The molecule has 1 aliphatic rings. The summed E-state index contributed by atoms with van der Waals surface area (Å²) in [6.07, 6.45) is 2.55. The van der Waals surface area contributed by atoms with E-state index in [2.05, 4.69) is 17.9 Å². The van der Waals surface area contributed by atoms with Crippen LogP contribution in [0.4, 0.5) is 5.69 Å². The minimum Gasteiger partial charge on any atom is -0.495 e. The van der Waals surface area contributed by atoms with E-state index < -0.39 is 0 Å². The molecule has 0 saturated carbocycles. The molecule has 0 amide bonds. The van der Waals surface area contributed by atoms with E-state index >= 15 is 0 Å². The average Bonchev–Trinajstić information content (AvgIpc) is 2.32. The zero-order valence-corrected chi connectivity index (χ0v) is 10.4. The maximum absolute atomic E-state index is 8.85. The second-order valence-electron chi connectivity index (χ2n) is 4.56. The van der Waals surface area contributed by atoms with E-state index in [4.69, 9.17) is 10.00 Å². The number of rotatable bonds is 4. The Morgan fingerprint density at radius 1 is 1.47 bits per heavy atom. The largest absolute Gasteiger partial charge is 0.495 e. The monoisotopic (exact) mass is 230 g/mol. The highest BCUT2D eigenvalue weighted by atomic mass is 16.5. The molecule has 1 heterocycles. The van der Waals surface area contributed by atoms with Crippen molar-refractivity contribution in [3.8, 4) is 11.8 Å². The second kappa shape index (κ2) is 5.09. The van der Waals surface area contributed by atoms with Gasteiger partial charge in [0.15, 0.2) is 0 Å². The van der Waals surface area contributed by atoms with E-state index in [0.717, 1.165) is 30.4 Å². The third kappa shape index (κ3) is 2.36. The van der Waals surface area contributed by atoms with Crippen molar-refractivity contribution in [2.24, 2.45) is 5.92 Å². The zero-order chi connectivity index (χ0) is 12.3. The Labute approximate surface area is 103 Å². The molecule has 3 heteroatoms. The van der Waals surface area contributed by atoms with E-state index in [1.165, 1.54) is 12.8 Å². The standard InChI is InChI=1S/C14H18N2O/c1-3-4-12-9-16(10-12)13-6-5-11(8-15)7-14(13)17-2/h5-7,12H,3-4,9-10H2,1-2H3. The van der Waals surface area contributed by atoms with Crippen molar-refractivity contribution >= 4 is 5.69 Å². The summed E-state index contributed by atoms with van der Waals surface area (Å²) in [5, 5.41) is 8.85. The van der Waals surface area contributed by atoms with Gasteiger partial charge in [-0.2, -0.15) is 5.26 Å². The van der Waals surface area contributed by atoms with Gasteiger partial charge in [0.2, 0.25) is 0 Å². The van der Waals surface area contributed by atoms with Crippen LogP contribution in [0.15, 0.2) is 18.2 Å². The summed E-state index contributed by atoms with van der Waals surface area (Å²) in [5.41, 5.74) is 1.76. The minimum atomic E-state index is 0.649. The van der Waals surface area contributed by atoms with Crippen molar-refractivity contribution < 1.29 is 4.74 Å². The van der Waals surface area contributed by atoms with Gasteiger partial charge in [-0.25, -0.2) is 0 Å². The summed E-state index contributed by atoms with van der Waals surface area (Å²) < 4.78 is 5.35. The molecule has 1 aromatic carbocycles. The van der Waals surface area contributed by atoms with Gasteiger partial charge < -0.3 is 9.64 Å². The molecule has 3 nitrogen and oxygen atoms in total. The number of methoxy groups -OCH3 is 1. The molecule has 1 aromatic rings. The summed E-state index contributed by atoms with van der Waals surface area (Å²) in [4.78, 5) is 2.32. The number of nitriles is 1. The molecular formula is C14H18N2O. The Bertz CT molecular complexity index is 430. The van der Waals surface area contributed by atoms with Crippen molar-refractivity contribution in [3.05, 3.63) is 23.8 Å². The number of nitrogens with zero attached hydrogens (tertiary/aromatic N) is 2. The van der Waals surface area contributed by atoms with E-state index in [1.54, 1.807) is 7.11 Å². The van der Waals surface area contributed by atoms with E-state index in [-0.39, 0.29) is 0 Å². The topological polar surface area (TPSA) is 36.3 Å². The smallest absolute Gasteiger partial charge is 0.143 e. The molecule has 1 fully saturated rings. The third-order valence-electron chi connectivity index (χ3n) is 3.30. The van der Waals surface area contributed by atoms with Gasteiger partial charge >= 0.3 is 0 Å². The molecule has 0 atom stereocenters. The highest BCUT2D eigenvalue weighted by Gasteiger charge is 2.27. The SMILES string of the molecule is CCCC1CN(c2ccc(C#N)cc2OC)C1. The fourth-order valence-electron chi connectivity index (χ4n) is 2.37. The van der Waals surface area contributed by atoms with Crippen molar-refractivity contribution in [2.75, 3.05) is 25.1 Å². The Morgan fingerprint density at radius 3 is 2.82 bits per heavy atom. The highest BCUT2D eigenvalue weighted by molar-refractivity contribution is 5.62. The fourth-order valence-corrected chi connectivity index (χ4v) is 2.37. The van der Waals surface area contributed by atoms with Crippen LogP contribution in [-0.2, 0) is 0 Å². The summed E-state index contributed by atoms with van der Waals surface area (Å²) in [5.74, 6) is 1.62. The van der Waals surface area contributed by atoms with Gasteiger partial charge in [0.1, 0.15) is 5.75 Å². The van der Waals surface area contributed by atoms with Crippen LogP contribution in [-0.4, -0.2) is 20.2 Å². The van der Waals surface area contributed by atoms with E-state index in [0.29, 0.717) is 5.56 Å². The number of hydrogen-bond acceptors (Lipinski definition) is 3. The van der Waals surface area contributed by atoms with E-state index in [1.807, 2.05) is 18.2 Å². The van der Waals surface area contributed by atoms with Gasteiger partial charge in [-0.15, -0.1) is 0 Å². The number of anilines is 1. The molecule has 0 spiro atoms. The fraction of sp³-hybridized carbons (Fsp3) is 0.500. The first-order valence-electron chi connectivity index (χ1n) is 6.11. The average molecular weight is 230 g/mol. The first-order valence-corrected chi connectivity index (χ1v) is 6.11. The van der Waals surface area contributed by atoms with Crippen molar-refractivity contribution in [1.82, 2.24) is 0 Å². The lowest BCUT2D eigenvalue weighted by Gasteiger charge is -2.41. The first kappa shape index (κ1) is 11.8. The van der Waals surface area contributed by atoms with Crippen LogP contribution in [0.2, 0.25) is 0 Å². The Morgan fingerprint density at radius 2 is 2.24 bits per heavy atom. The van der Waals surface area contributed by atoms with Crippen LogP contribution in [0.3, 0.4) is 0 Å². The van der Waals surface area contributed by atoms with Crippen LogP contribution in [0.1, 0.15) is 25.3 Å². The minimum absolute atomic E-state index is 0.649. The number of ether oxygens (including phenoxy) is 1. The predicted octanol–water partition coefficient (Wildman–Crippen LogP) is 2.80. The Hall–Kier alpha value is -1.69. The van der Waals surface area contributed by atoms with E-state index in [9.17, 15) is 0 Å². The van der Waals surface area contributed by atoms with Gasteiger partial charge in [-0.05, 0) is 24.5 Å². The molecule has 2 rings (SSSR count). The summed E-state index contributed by atoms with van der Waals surface area (Å²) in [6.45, 7) is 4.44. The highest BCUT2D eigenvalue weighted by Crippen LogP contribution is 2.35. The van der Waals surface area contributed by atoms with Crippen LogP contribution in [0, 0.1) is 17.2 Å². The summed E-state index contributed by atoms with van der Waals surface area (Å²) >= 11 is 0. The molecule has 0 radical (unpaired) electrons. The lowest BCUT2D eigenvalue weighted by Crippen LogP contribution is -2.46. The molecule has 1 saturated heterocycles. The molecule has 17 heavy (non-hydrogen) atoms. The van der Waals surface area contributed by atoms with Crippen molar-refractivity contribution in [1.29, 1.82) is 5.26 Å². The van der Waals surface area contributed by atoms with Crippen LogP contribution in [0.25, 0.3) is 0 Å². The predicted molar refractivity (Wildman–Crippen MR) is 68.3 cm³/mol. The summed E-state index contributed by atoms with van der Waals surface area (Å²) in [6, 6.07) is 7.78. The van der Waals surface area contributed by atoms with Gasteiger partial charge in [0.05, 0.1) is 24.4 Å². The molecule has 90 valence electrons. The van der Waals surface area contributed by atoms with Crippen LogP contribution >= 0.6 is 0 Å². The lowest BCUT2D eigenvalue weighted by molar-refractivity contribution is 0.368. The second-order valence-corrected chi connectivity index (χ2v) is 4.56. The lowest BCUT2D eigenvalue weighted by atomic mass is 9.94. The van der Waals surface area contributed by atoms with Crippen LogP contribution < -0.4 is 9.64 Å². The molecular weight excluding hydrogens is 212 g/mol. The molecule has 1 aliphatic heterocycles. The van der Waals surface area contributed by atoms with Crippen molar-refractivity contribution in [3.63, 3.8) is 0 Å². The maximum atomic E-state index is 8.85. The first-order chi connectivity index (χ1) is 8.28. The molecule has 0 N–H and O–H groups in total. The molecule has 0 aromatic heterocycles. The van der Waals surface area contributed by atoms with Gasteiger partial charge in [0, 0.05) is 19.2 Å².